The number of hydrogen-bond donors (Lipinski definition) is 3. The lowest BCUT2D eigenvalue weighted by Gasteiger charge is -2.22. The largest absolute Gasteiger partial charge is 0.355 e. The maximum Gasteiger partial charge on any atom is 0.261 e. The van der Waals surface area contributed by atoms with Gasteiger partial charge in [-0.1, -0.05) is 0 Å². The Bertz CT molecular complexity index is 727. The molecule has 2 aromatic heterocycles. The molecule has 1 fully saturated rings. The third-order valence-corrected chi connectivity index (χ3v) is 5.28. The van der Waals surface area contributed by atoms with Crippen LogP contribution >= 0.6 is 11.3 Å². The van der Waals surface area contributed by atoms with Crippen LogP contribution < -0.4 is 10.6 Å². The van der Waals surface area contributed by atoms with Gasteiger partial charge in [0.25, 0.3) is 5.91 Å². The fourth-order valence-corrected chi connectivity index (χ4v) is 3.92. The van der Waals surface area contributed by atoms with Crippen molar-refractivity contribution in [2.24, 2.45) is 0 Å². The second kappa shape index (κ2) is 7.79. The number of thiophene rings is 1. The molecule has 1 aliphatic heterocycles. The van der Waals surface area contributed by atoms with E-state index in [9.17, 15) is 9.59 Å². The van der Waals surface area contributed by atoms with Crippen molar-refractivity contribution in [2.75, 3.05) is 13.1 Å². The Balaban J connectivity index is 1.67. The molecule has 3 N–H and O–H groups in total. The van der Waals surface area contributed by atoms with Crippen molar-refractivity contribution in [1.29, 1.82) is 0 Å². The van der Waals surface area contributed by atoms with Gasteiger partial charge >= 0.3 is 0 Å². The number of aryl methyl sites for hydroxylation is 1. The molecule has 7 nitrogen and oxygen atoms in total. The van der Waals surface area contributed by atoms with Gasteiger partial charge in [-0.3, -0.25) is 14.5 Å². The van der Waals surface area contributed by atoms with Crippen LogP contribution in [0.3, 0.4) is 0 Å². The average molecular weight is 361 g/mol. The van der Waals surface area contributed by atoms with Gasteiger partial charge in [0.15, 0.2) is 0 Å². The first kappa shape index (κ1) is 17.6. The second-order valence-electron chi connectivity index (χ2n) is 6.23. The topological polar surface area (TPSA) is 90.1 Å². The third kappa shape index (κ3) is 4.26. The summed E-state index contributed by atoms with van der Waals surface area (Å²) in [5.74, 6) is -0.0631. The smallest absolute Gasteiger partial charge is 0.261 e. The second-order valence-corrected chi connectivity index (χ2v) is 7.52. The van der Waals surface area contributed by atoms with E-state index in [1.807, 2.05) is 26.0 Å². The van der Waals surface area contributed by atoms with E-state index >= 15 is 0 Å². The molecule has 2 amide bonds. The average Bonchev–Trinajstić information content (AvgIpc) is 3.30. The molecule has 0 radical (unpaired) electrons. The summed E-state index contributed by atoms with van der Waals surface area (Å²) < 4.78 is 0. The van der Waals surface area contributed by atoms with Crippen molar-refractivity contribution >= 4 is 23.2 Å². The highest BCUT2D eigenvalue weighted by atomic mass is 32.1. The molecule has 0 aromatic carbocycles. The van der Waals surface area contributed by atoms with Crippen LogP contribution in [-0.2, 0) is 11.3 Å². The zero-order chi connectivity index (χ0) is 17.8. The van der Waals surface area contributed by atoms with Crippen molar-refractivity contribution in [3.8, 4) is 0 Å². The van der Waals surface area contributed by atoms with E-state index in [1.54, 1.807) is 12.5 Å². The fourth-order valence-electron chi connectivity index (χ4n) is 3.15. The number of amides is 2. The molecule has 8 heteroatoms. The Labute approximate surface area is 150 Å². The predicted octanol–water partition coefficient (Wildman–Crippen LogP) is 1.29. The van der Waals surface area contributed by atoms with Crippen molar-refractivity contribution in [1.82, 2.24) is 25.5 Å². The van der Waals surface area contributed by atoms with Crippen LogP contribution in [0.15, 0.2) is 24.7 Å². The highest BCUT2D eigenvalue weighted by molar-refractivity contribution is 7.13. The van der Waals surface area contributed by atoms with E-state index in [1.165, 1.54) is 11.3 Å². The number of likely N-dealkylation sites (N-methyl/N-ethyl adjacent to an activating group) is 1. The lowest BCUT2D eigenvalue weighted by molar-refractivity contribution is -0.125. The first-order valence-corrected chi connectivity index (χ1v) is 9.24. The number of imidazole rings is 1. The summed E-state index contributed by atoms with van der Waals surface area (Å²) in [6.07, 6.45) is 4.00. The van der Waals surface area contributed by atoms with E-state index in [-0.39, 0.29) is 23.9 Å². The van der Waals surface area contributed by atoms with Crippen LogP contribution in [0.1, 0.15) is 33.6 Å². The molecule has 0 saturated carbocycles. The monoisotopic (exact) mass is 361 g/mol. The van der Waals surface area contributed by atoms with Crippen molar-refractivity contribution in [2.45, 2.75) is 38.9 Å². The SMILES string of the molecule is CCNC(=O)[C@@H]1C[C@H](NC(=O)c2ccc(C)s2)CN1Cc1cnc[nH]1. The summed E-state index contributed by atoms with van der Waals surface area (Å²) in [7, 11) is 0. The summed E-state index contributed by atoms with van der Waals surface area (Å²) in [6.45, 7) is 5.72. The van der Waals surface area contributed by atoms with Gasteiger partial charge in [0.2, 0.25) is 5.91 Å². The van der Waals surface area contributed by atoms with E-state index in [2.05, 4.69) is 25.5 Å². The Hall–Kier alpha value is -2.19. The lowest BCUT2D eigenvalue weighted by atomic mass is 10.1. The molecule has 0 aliphatic carbocycles. The van der Waals surface area contributed by atoms with Gasteiger partial charge in [0.1, 0.15) is 0 Å². The number of aromatic amines is 1. The molecule has 1 saturated heterocycles. The Morgan fingerprint density at radius 2 is 2.28 bits per heavy atom. The molecular weight excluding hydrogens is 338 g/mol. The summed E-state index contributed by atoms with van der Waals surface area (Å²) in [5, 5.41) is 5.96. The van der Waals surface area contributed by atoms with Gasteiger partial charge in [0, 0.05) is 42.4 Å². The number of likely N-dealkylation sites (tertiary alicyclic amines) is 1. The van der Waals surface area contributed by atoms with Gasteiger partial charge < -0.3 is 15.6 Å². The van der Waals surface area contributed by atoms with E-state index in [0.29, 0.717) is 30.9 Å². The van der Waals surface area contributed by atoms with Crippen LogP contribution in [0.2, 0.25) is 0 Å². The summed E-state index contributed by atoms with van der Waals surface area (Å²) in [4.78, 5) is 35.8. The van der Waals surface area contributed by atoms with Gasteiger partial charge in [-0.15, -0.1) is 11.3 Å². The minimum atomic E-state index is -0.251. The van der Waals surface area contributed by atoms with Crippen LogP contribution in [-0.4, -0.2) is 51.9 Å². The maximum absolute atomic E-state index is 12.4. The quantitative estimate of drug-likeness (QED) is 0.723. The normalized spacial score (nSPS) is 20.6. The van der Waals surface area contributed by atoms with Gasteiger partial charge in [-0.25, -0.2) is 4.98 Å². The van der Waals surface area contributed by atoms with Gasteiger partial charge in [0.05, 0.1) is 17.2 Å². The zero-order valence-electron chi connectivity index (χ0n) is 14.4. The molecule has 3 rings (SSSR count). The number of nitrogens with one attached hydrogen (secondary N) is 3. The summed E-state index contributed by atoms with van der Waals surface area (Å²) in [5.41, 5.74) is 0.954. The molecule has 2 atom stereocenters. The number of aromatic nitrogens is 2. The number of rotatable bonds is 6. The fraction of sp³-hybridized carbons (Fsp3) is 0.471. The molecule has 1 aliphatic rings. The molecule has 3 heterocycles. The summed E-state index contributed by atoms with van der Waals surface area (Å²) in [6, 6.07) is 3.48. The Morgan fingerprint density at radius 1 is 1.44 bits per heavy atom. The number of nitrogens with zero attached hydrogens (tertiary/aromatic N) is 2. The van der Waals surface area contributed by atoms with E-state index < -0.39 is 0 Å². The van der Waals surface area contributed by atoms with Crippen molar-refractivity contribution < 1.29 is 9.59 Å². The van der Waals surface area contributed by atoms with E-state index in [0.717, 1.165) is 10.6 Å². The van der Waals surface area contributed by atoms with Crippen molar-refractivity contribution in [3.05, 3.63) is 40.1 Å². The molecule has 134 valence electrons. The Kier molecular flexibility index (Phi) is 5.50. The molecule has 0 bridgehead atoms. The number of H-pyrrole nitrogens is 1. The van der Waals surface area contributed by atoms with Crippen LogP contribution in [0.25, 0.3) is 0 Å². The number of carbonyl (C=O) groups is 2. The molecule has 25 heavy (non-hydrogen) atoms. The number of hydrogen-bond acceptors (Lipinski definition) is 5. The molecule has 2 aromatic rings. The highest BCUT2D eigenvalue weighted by Crippen LogP contribution is 2.22. The lowest BCUT2D eigenvalue weighted by Crippen LogP contribution is -2.42. The van der Waals surface area contributed by atoms with Crippen LogP contribution in [0.5, 0.6) is 0 Å². The molecular formula is C17H23N5O2S. The van der Waals surface area contributed by atoms with Gasteiger partial charge in [-0.2, -0.15) is 0 Å². The van der Waals surface area contributed by atoms with Crippen LogP contribution in [0.4, 0.5) is 0 Å². The van der Waals surface area contributed by atoms with Gasteiger partial charge in [-0.05, 0) is 32.4 Å². The minimum absolute atomic E-state index is 0.00531. The first-order chi connectivity index (χ1) is 12.1. The standard InChI is InChI=1S/C17H23N5O2S/c1-3-19-16(23)14-6-12(8-22(14)9-13-7-18-10-20-13)21-17(24)15-5-4-11(2)25-15/h4-5,7,10,12,14H,3,6,8-9H2,1-2H3,(H,18,20)(H,19,23)(H,21,24)/t12-,14-/m0/s1. The maximum atomic E-state index is 12.4. The number of carbonyl (C=O) groups excluding carboxylic acids is 2. The highest BCUT2D eigenvalue weighted by Gasteiger charge is 2.37. The Morgan fingerprint density at radius 3 is 2.92 bits per heavy atom. The zero-order valence-corrected chi connectivity index (χ0v) is 15.2. The molecule has 0 unspecified atom stereocenters. The first-order valence-electron chi connectivity index (χ1n) is 8.43. The third-order valence-electron chi connectivity index (χ3n) is 4.28. The predicted molar refractivity (Wildman–Crippen MR) is 96.4 cm³/mol. The van der Waals surface area contributed by atoms with Crippen molar-refractivity contribution in [3.63, 3.8) is 0 Å². The minimum Gasteiger partial charge on any atom is -0.355 e. The van der Waals surface area contributed by atoms with Crippen LogP contribution in [0, 0.1) is 6.92 Å². The van der Waals surface area contributed by atoms with E-state index in [4.69, 9.17) is 0 Å². The molecule has 0 spiro atoms. The summed E-state index contributed by atoms with van der Waals surface area (Å²) >= 11 is 1.48.